The summed E-state index contributed by atoms with van der Waals surface area (Å²) in [6.45, 7) is 3.30. The average molecular weight is 300 g/mol. The predicted molar refractivity (Wildman–Crippen MR) is 73.9 cm³/mol. The summed E-state index contributed by atoms with van der Waals surface area (Å²) in [7, 11) is 2.04. The fraction of sp³-hybridized carbons (Fsp3) is 0.769. The zero-order valence-electron chi connectivity index (χ0n) is 10.7. The van der Waals surface area contributed by atoms with Crippen molar-refractivity contribution in [1.82, 2.24) is 15.1 Å². The molecule has 1 aromatic heterocycles. The minimum atomic E-state index is 0.458. The van der Waals surface area contributed by atoms with Crippen molar-refractivity contribution < 1.29 is 0 Å². The Balaban J connectivity index is 2.19. The number of rotatable bonds is 5. The molecular formula is C13H22BrN3. The number of nitrogens with zero attached hydrogens (tertiary/aromatic N) is 2. The van der Waals surface area contributed by atoms with Gasteiger partial charge in [0, 0.05) is 7.05 Å². The highest BCUT2D eigenvalue weighted by Gasteiger charge is 2.29. The SMILES string of the molecule is CCCNC(c1c(Br)cnn1C)C1CCCC1. The lowest BCUT2D eigenvalue weighted by Crippen LogP contribution is -2.30. The maximum Gasteiger partial charge on any atom is 0.0695 e. The maximum absolute atomic E-state index is 4.35. The zero-order valence-corrected chi connectivity index (χ0v) is 12.3. The second-order valence-corrected chi connectivity index (χ2v) is 5.83. The third-order valence-corrected chi connectivity index (χ3v) is 4.33. The van der Waals surface area contributed by atoms with Crippen molar-refractivity contribution in [2.45, 2.75) is 45.1 Å². The lowest BCUT2D eigenvalue weighted by Gasteiger charge is -2.25. The van der Waals surface area contributed by atoms with Crippen molar-refractivity contribution in [1.29, 1.82) is 0 Å². The van der Waals surface area contributed by atoms with E-state index in [9.17, 15) is 0 Å². The van der Waals surface area contributed by atoms with E-state index in [-0.39, 0.29) is 0 Å². The van der Waals surface area contributed by atoms with Gasteiger partial charge in [-0.2, -0.15) is 5.10 Å². The van der Waals surface area contributed by atoms with Crippen LogP contribution in [-0.2, 0) is 7.05 Å². The van der Waals surface area contributed by atoms with Gasteiger partial charge in [-0.15, -0.1) is 0 Å². The van der Waals surface area contributed by atoms with Crippen LogP contribution in [0, 0.1) is 5.92 Å². The highest BCUT2D eigenvalue weighted by molar-refractivity contribution is 9.10. The highest BCUT2D eigenvalue weighted by Crippen LogP contribution is 2.37. The van der Waals surface area contributed by atoms with Gasteiger partial charge in [0.1, 0.15) is 0 Å². The number of nitrogens with one attached hydrogen (secondary N) is 1. The van der Waals surface area contributed by atoms with Crippen LogP contribution in [0.2, 0.25) is 0 Å². The summed E-state index contributed by atoms with van der Waals surface area (Å²) >= 11 is 3.63. The first kappa shape index (κ1) is 13.1. The summed E-state index contributed by atoms with van der Waals surface area (Å²) < 4.78 is 3.15. The normalized spacial score (nSPS) is 18.8. The Hall–Kier alpha value is -0.350. The molecule has 0 radical (unpaired) electrons. The molecule has 3 nitrogen and oxygen atoms in total. The number of hydrogen-bond donors (Lipinski definition) is 1. The van der Waals surface area contributed by atoms with E-state index in [2.05, 4.69) is 33.3 Å². The molecule has 1 aliphatic carbocycles. The van der Waals surface area contributed by atoms with E-state index in [1.165, 1.54) is 37.8 Å². The van der Waals surface area contributed by atoms with Gasteiger partial charge in [-0.05, 0) is 47.7 Å². The van der Waals surface area contributed by atoms with E-state index in [4.69, 9.17) is 0 Å². The molecule has 2 rings (SSSR count). The van der Waals surface area contributed by atoms with Crippen molar-refractivity contribution >= 4 is 15.9 Å². The van der Waals surface area contributed by atoms with Gasteiger partial charge < -0.3 is 5.32 Å². The van der Waals surface area contributed by atoms with E-state index in [1.54, 1.807) is 0 Å². The summed E-state index contributed by atoms with van der Waals surface area (Å²) in [4.78, 5) is 0. The fourth-order valence-corrected chi connectivity index (χ4v) is 3.44. The summed E-state index contributed by atoms with van der Waals surface area (Å²) in [5.41, 5.74) is 1.31. The molecule has 4 heteroatoms. The Morgan fingerprint density at radius 3 is 2.76 bits per heavy atom. The molecule has 1 unspecified atom stereocenters. The Morgan fingerprint density at radius 2 is 2.24 bits per heavy atom. The second kappa shape index (κ2) is 6.01. The van der Waals surface area contributed by atoms with E-state index in [0.717, 1.165) is 16.9 Å². The van der Waals surface area contributed by atoms with Crippen LogP contribution in [0.15, 0.2) is 10.7 Å². The first-order valence-corrected chi connectivity index (χ1v) is 7.44. The zero-order chi connectivity index (χ0) is 12.3. The molecule has 0 spiro atoms. The van der Waals surface area contributed by atoms with Crippen molar-refractivity contribution in [3.63, 3.8) is 0 Å². The molecule has 0 aliphatic heterocycles. The first-order valence-electron chi connectivity index (χ1n) is 6.64. The Labute approximate surface area is 112 Å². The molecule has 1 atom stereocenters. The Morgan fingerprint density at radius 1 is 1.53 bits per heavy atom. The van der Waals surface area contributed by atoms with Gasteiger partial charge in [0.05, 0.1) is 22.4 Å². The fourth-order valence-electron chi connectivity index (χ4n) is 2.85. The van der Waals surface area contributed by atoms with Gasteiger partial charge in [0.2, 0.25) is 0 Å². The largest absolute Gasteiger partial charge is 0.308 e. The summed E-state index contributed by atoms with van der Waals surface area (Å²) in [6, 6.07) is 0.458. The number of aromatic nitrogens is 2. The maximum atomic E-state index is 4.35. The Bertz CT molecular complexity index is 336. The van der Waals surface area contributed by atoms with E-state index in [0.29, 0.717) is 6.04 Å². The quantitative estimate of drug-likeness (QED) is 0.903. The molecule has 1 heterocycles. The lowest BCUT2D eigenvalue weighted by molar-refractivity contribution is 0.350. The molecular weight excluding hydrogens is 278 g/mol. The van der Waals surface area contributed by atoms with Gasteiger partial charge in [0.15, 0.2) is 0 Å². The molecule has 1 fully saturated rings. The van der Waals surface area contributed by atoms with E-state index >= 15 is 0 Å². The minimum Gasteiger partial charge on any atom is -0.308 e. The molecule has 0 saturated heterocycles. The van der Waals surface area contributed by atoms with Crippen molar-refractivity contribution in [2.75, 3.05) is 6.54 Å². The van der Waals surface area contributed by atoms with Crippen LogP contribution in [-0.4, -0.2) is 16.3 Å². The average Bonchev–Trinajstić information content (AvgIpc) is 2.93. The molecule has 96 valence electrons. The van der Waals surface area contributed by atoms with Crippen LogP contribution in [0.5, 0.6) is 0 Å². The molecule has 1 aromatic rings. The predicted octanol–water partition coefficient (Wildman–Crippen LogP) is 3.41. The van der Waals surface area contributed by atoms with Gasteiger partial charge in [0.25, 0.3) is 0 Å². The molecule has 17 heavy (non-hydrogen) atoms. The van der Waals surface area contributed by atoms with Crippen LogP contribution in [0.1, 0.15) is 50.8 Å². The van der Waals surface area contributed by atoms with Crippen molar-refractivity contribution in [3.8, 4) is 0 Å². The second-order valence-electron chi connectivity index (χ2n) is 4.98. The third kappa shape index (κ3) is 2.91. The van der Waals surface area contributed by atoms with E-state index in [1.807, 2.05) is 17.9 Å². The monoisotopic (exact) mass is 299 g/mol. The highest BCUT2D eigenvalue weighted by atomic mass is 79.9. The topological polar surface area (TPSA) is 29.9 Å². The van der Waals surface area contributed by atoms with Crippen LogP contribution in [0.3, 0.4) is 0 Å². The number of aryl methyl sites for hydroxylation is 1. The van der Waals surface area contributed by atoms with Gasteiger partial charge in [-0.1, -0.05) is 19.8 Å². The van der Waals surface area contributed by atoms with Gasteiger partial charge in [-0.3, -0.25) is 4.68 Å². The molecule has 1 saturated carbocycles. The van der Waals surface area contributed by atoms with Crippen LogP contribution >= 0.6 is 15.9 Å². The molecule has 0 aromatic carbocycles. The van der Waals surface area contributed by atoms with Gasteiger partial charge in [-0.25, -0.2) is 0 Å². The molecule has 0 amide bonds. The molecule has 1 N–H and O–H groups in total. The van der Waals surface area contributed by atoms with Crippen LogP contribution in [0.4, 0.5) is 0 Å². The van der Waals surface area contributed by atoms with Crippen molar-refractivity contribution in [3.05, 3.63) is 16.4 Å². The summed E-state index contributed by atoms with van der Waals surface area (Å²) in [6.07, 6.45) is 8.54. The molecule has 1 aliphatic rings. The first-order chi connectivity index (χ1) is 8.24. The Kier molecular flexibility index (Phi) is 4.62. The smallest absolute Gasteiger partial charge is 0.0695 e. The lowest BCUT2D eigenvalue weighted by atomic mass is 9.95. The third-order valence-electron chi connectivity index (χ3n) is 3.72. The van der Waals surface area contributed by atoms with Gasteiger partial charge >= 0.3 is 0 Å². The number of hydrogen-bond acceptors (Lipinski definition) is 2. The summed E-state index contributed by atoms with van der Waals surface area (Å²) in [5, 5.41) is 8.05. The van der Waals surface area contributed by atoms with Crippen LogP contribution in [0.25, 0.3) is 0 Å². The van der Waals surface area contributed by atoms with Crippen LogP contribution < -0.4 is 5.32 Å². The van der Waals surface area contributed by atoms with E-state index < -0.39 is 0 Å². The molecule has 0 bridgehead atoms. The standard InChI is InChI=1S/C13H22BrN3/c1-3-8-15-12(10-6-4-5-7-10)13-11(14)9-16-17(13)2/h9-10,12,15H,3-8H2,1-2H3. The minimum absolute atomic E-state index is 0.458. The number of halogens is 1. The summed E-state index contributed by atoms with van der Waals surface area (Å²) in [5.74, 6) is 0.772. The van der Waals surface area contributed by atoms with Crippen molar-refractivity contribution in [2.24, 2.45) is 13.0 Å².